The minimum Gasteiger partial charge on any atom is -0.272 e. The van der Waals surface area contributed by atoms with Crippen molar-refractivity contribution in [2.45, 2.75) is 39.2 Å². The van der Waals surface area contributed by atoms with Gasteiger partial charge in [0.25, 0.3) is 0 Å². The molecule has 3 N–H and O–H groups in total. The summed E-state index contributed by atoms with van der Waals surface area (Å²) in [5.41, 5.74) is 6.60. The van der Waals surface area contributed by atoms with Gasteiger partial charge in [0.1, 0.15) is 0 Å². The van der Waals surface area contributed by atoms with E-state index in [2.05, 4.69) is 41.9 Å². The largest absolute Gasteiger partial charge is 0.272 e. The molecule has 2 rings (SSSR count). The third-order valence-electron chi connectivity index (χ3n) is 3.66. The van der Waals surface area contributed by atoms with Crippen molar-refractivity contribution in [3.8, 4) is 0 Å². The number of thiophene rings is 1. The van der Waals surface area contributed by atoms with Gasteiger partial charge in [-0.3, -0.25) is 16.0 Å². The Balaban J connectivity index is 1.98. The van der Waals surface area contributed by atoms with Gasteiger partial charge in [0.15, 0.2) is 0 Å². The summed E-state index contributed by atoms with van der Waals surface area (Å²) in [5.74, 6) is 5.69. The minimum atomic E-state index is 0.295. The zero-order chi connectivity index (χ0) is 13.8. The highest BCUT2D eigenvalue weighted by atomic mass is 32.1. The number of hydrazine groups is 1. The first-order valence-corrected chi connectivity index (χ1v) is 7.47. The number of rotatable bonds is 6. The molecule has 0 fully saturated rings. The van der Waals surface area contributed by atoms with Crippen LogP contribution in [0.1, 0.15) is 28.2 Å². The molecule has 0 spiro atoms. The number of hydrogen-bond acceptors (Lipinski definition) is 4. The van der Waals surface area contributed by atoms with Crippen LogP contribution in [0, 0.1) is 13.8 Å². The van der Waals surface area contributed by atoms with Crippen LogP contribution in [-0.4, -0.2) is 15.8 Å². The molecule has 0 aliphatic rings. The normalized spacial score (nSPS) is 12.8. The molecule has 0 aliphatic heterocycles. The van der Waals surface area contributed by atoms with E-state index in [9.17, 15) is 0 Å². The highest BCUT2D eigenvalue weighted by molar-refractivity contribution is 7.09. The summed E-state index contributed by atoms with van der Waals surface area (Å²) < 4.78 is 1.94. The standard InChI is InChI=1S/C14H22N4S/c1-10-14(11(2)18(3)17-10)9-12(16-15)6-7-13-5-4-8-19-13/h4-5,8,12,16H,6-7,9,15H2,1-3H3. The Bertz CT molecular complexity index is 516. The fourth-order valence-electron chi connectivity index (χ4n) is 2.37. The summed E-state index contributed by atoms with van der Waals surface area (Å²) in [6, 6.07) is 4.57. The van der Waals surface area contributed by atoms with Crippen LogP contribution < -0.4 is 11.3 Å². The molecule has 2 aromatic rings. The summed E-state index contributed by atoms with van der Waals surface area (Å²) in [4.78, 5) is 1.42. The first kappa shape index (κ1) is 14.2. The molecule has 0 bridgehead atoms. The highest BCUT2D eigenvalue weighted by Gasteiger charge is 2.15. The van der Waals surface area contributed by atoms with Gasteiger partial charge in [-0.05, 0) is 50.1 Å². The molecule has 0 amide bonds. The summed E-state index contributed by atoms with van der Waals surface area (Å²) in [5, 5.41) is 6.58. The van der Waals surface area contributed by atoms with E-state index in [-0.39, 0.29) is 0 Å². The van der Waals surface area contributed by atoms with Gasteiger partial charge in [0.05, 0.1) is 5.69 Å². The van der Waals surface area contributed by atoms with Crippen LogP contribution in [0.15, 0.2) is 17.5 Å². The lowest BCUT2D eigenvalue weighted by Gasteiger charge is -2.15. The number of aromatic nitrogens is 2. The number of hydrogen-bond donors (Lipinski definition) is 2. The van der Waals surface area contributed by atoms with E-state index in [0.29, 0.717) is 6.04 Å². The van der Waals surface area contributed by atoms with Crippen LogP contribution in [0.2, 0.25) is 0 Å². The molecule has 2 heterocycles. The summed E-state index contributed by atoms with van der Waals surface area (Å²) in [6.45, 7) is 4.18. The zero-order valence-electron chi connectivity index (χ0n) is 11.8. The average Bonchev–Trinajstić information content (AvgIpc) is 2.98. The molecule has 1 atom stereocenters. The van der Waals surface area contributed by atoms with Crippen molar-refractivity contribution >= 4 is 11.3 Å². The molecule has 104 valence electrons. The molecule has 0 saturated carbocycles. The van der Waals surface area contributed by atoms with Crippen LogP contribution in [0.5, 0.6) is 0 Å². The molecule has 0 radical (unpaired) electrons. The van der Waals surface area contributed by atoms with Crippen LogP contribution in [0.3, 0.4) is 0 Å². The summed E-state index contributed by atoms with van der Waals surface area (Å²) in [6.07, 6.45) is 3.06. The molecular weight excluding hydrogens is 256 g/mol. The SMILES string of the molecule is Cc1nn(C)c(C)c1CC(CCc1cccs1)NN. The van der Waals surface area contributed by atoms with Gasteiger partial charge in [-0.2, -0.15) is 5.10 Å². The highest BCUT2D eigenvalue weighted by Crippen LogP contribution is 2.17. The van der Waals surface area contributed by atoms with Crippen molar-refractivity contribution in [2.24, 2.45) is 12.9 Å². The van der Waals surface area contributed by atoms with Crippen LogP contribution in [0.25, 0.3) is 0 Å². The molecule has 5 heteroatoms. The van der Waals surface area contributed by atoms with Crippen molar-refractivity contribution in [1.29, 1.82) is 0 Å². The van der Waals surface area contributed by atoms with Gasteiger partial charge in [-0.25, -0.2) is 0 Å². The Morgan fingerprint density at radius 1 is 1.47 bits per heavy atom. The third-order valence-corrected chi connectivity index (χ3v) is 4.60. The van der Waals surface area contributed by atoms with Crippen molar-refractivity contribution in [1.82, 2.24) is 15.2 Å². The predicted molar refractivity (Wildman–Crippen MR) is 80.1 cm³/mol. The van der Waals surface area contributed by atoms with Gasteiger partial charge in [0.2, 0.25) is 0 Å². The van der Waals surface area contributed by atoms with Crippen LogP contribution >= 0.6 is 11.3 Å². The fraction of sp³-hybridized carbons (Fsp3) is 0.500. The van der Waals surface area contributed by atoms with Gasteiger partial charge >= 0.3 is 0 Å². The van der Waals surface area contributed by atoms with Gasteiger partial charge in [-0.15, -0.1) is 11.3 Å². The van der Waals surface area contributed by atoms with Crippen LogP contribution in [-0.2, 0) is 19.9 Å². The van der Waals surface area contributed by atoms with Crippen molar-refractivity contribution < 1.29 is 0 Å². The lowest BCUT2D eigenvalue weighted by molar-refractivity contribution is 0.491. The Labute approximate surface area is 118 Å². The quantitative estimate of drug-likeness (QED) is 0.628. The van der Waals surface area contributed by atoms with Crippen LogP contribution in [0.4, 0.5) is 0 Å². The molecule has 2 aromatic heterocycles. The summed E-state index contributed by atoms with van der Waals surface area (Å²) >= 11 is 1.81. The molecule has 0 aromatic carbocycles. The maximum absolute atomic E-state index is 5.69. The molecule has 4 nitrogen and oxygen atoms in total. The Hall–Kier alpha value is -1.17. The number of nitrogens with zero attached hydrogens (tertiary/aromatic N) is 2. The lowest BCUT2D eigenvalue weighted by Crippen LogP contribution is -2.37. The minimum absolute atomic E-state index is 0.295. The van der Waals surface area contributed by atoms with E-state index in [1.807, 2.05) is 23.1 Å². The molecular formula is C14H22N4S. The predicted octanol–water partition coefficient (Wildman–Crippen LogP) is 2.11. The van der Waals surface area contributed by atoms with Gasteiger partial charge in [0, 0.05) is 23.7 Å². The molecule has 0 aliphatic carbocycles. The second kappa shape index (κ2) is 6.32. The van der Waals surface area contributed by atoms with Crippen molar-refractivity contribution in [2.75, 3.05) is 0 Å². The second-order valence-electron chi connectivity index (χ2n) is 4.96. The maximum atomic E-state index is 5.69. The van der Waals surface area contributed by atoms with E-state index in [0.717, 1.165) is 25.0 Å². The molecule has 1 unspecified atom stereocenters. The number of aryl methyl sites for hydroxylation is 3. The number of nitrogens with one attached hydrogen (secondary N) is 1. The smallest absolute Gasteiger partial charge is 0.0628 e. The third kappa shape index (κ3) is 3.43. The topological polar surface area (TPSA) is 55.9 Å². The molecule has 19 heavy (non-hydrogen) atoms. The number of nitrogens with two attached hydrogens (primary N) is 1. The lowest BCUT2D eigenvalue weighted by atomic mass is 10.0. The summed E-state index contributed by atoms with van der Waals surface area (Å²) in [7, 11) is 1.99. The van der Waals surface area contributed by atoms with Gasteiger partial charge in [-0.1, -0.05) is 6.07 Å². The maximum Gasteiger partial charge on any atom is 0.0628 e. The average molecular weight is 278 g/mol. The first-order valence-electron chi connectivity index (χ1n) is 6.59. The van der Waals surface area contributed by atoms with E-state index >= 15 is 0 Å². The van der Waals surface area contributed by atoms with E-state index in [1.165, 1.54) is 16.1 Å². The Morgan fingerprint density at radius 3 is 2.79 bits per heavy atom. The van der Waals surface area contributed by atoms with Gasteiger partial charge < -0.3 is 0 Å². The first-order chi connectivity index (χ1) is 9.11. The second-order valence-corrected chi connectivity index (χ2v) is 5.99. The Morgan fingerprint density at radius 2 is 2.26 bits per heavy atom. The molecule has 0 saturated heterocycles. The Kier molecular flexibility index (Phi) is 4.74. The van der Waals surface area contributed by atoms with Crippen molar-refractivity contribution in [3.63, 3.8) is 0 Å². The van der Waals surface area contributed by atoms with Crippen molar-refractivity contribution in [3.05, 3.63) is 39.3 Å². The van der Waals surface area contributed by atoms with E-state index < -0.39 is 0 Å². The monoisotopic (exact) mass is 278 g/mol. The van der Waals surface area contributed by atoms with E-state index in [1.54, 1.807) is 0 Å². The van der Waals surface area contributed by atoms with E-state index in [4.69, 9.17) is 5.84 Å². The zero-order valence-corrected chi connectivity index (χ0v) is 12.6. The fourth-order valence-corrected chi connectivity index (χ4v) is 3.10.